The number of nitrogens with one attached hydrogen (secondary N) is 1. The van der Waals surface area contributed by atoms with Crippen LogP contribution in [0.4, 0.5) is 13.2 Å². The number of H-pyrrole nitrogens is 1. The smallest absolute Gasteiger partial charge is 0.475 e. The number of thiazole rings is 1. The molecule has 0 amide bonds. The average molecular weight is 660 g/mol. The van der Waals surface area contributed by atoms with Gasteiger partial charge in [-0.15, -0.1) is 21.5 Å². The number of piperidine rings is 1. The van der Waals surface area contributed by atoms with Crippen LogP contribution in [0, 0.1) is 0 Å². The largest absolute Gasteiger partial charge is 0.490 e. The predicted octanol–water partition coefficient (Wildman–Crippen LogP) is 6.44. The van der Waals surface area contributed by atoms with Gasteiger partial charge in [-0.05, 0) is 30.5 Å². The number of hydrogen-bond acceptors (Lipinski definition) is 8. The number of aliphatic carboxylic acids is 1. The van der Waals surface area contributed by atoms with Gasteiger partial charge >= 0.3 is 17.8 Å². The van der Waals surface area contributed by atoms with Crippen LogP contribution in [0.5, 0.6) is 0 Å². The third kappa shape index (κ3) is 7.28. The van der Waals surface area contributed by atoms with Crippen molar-refractivity contribution in [2.24, 2.45) is 0 Å². The number of imidazole rings is 1. The second-order valence-electron chi connectivity index (χ2n) is 10.9. The number of carbonyl (C=O) groups is 1. The topological polar surface area (TPSA) is 130 Å². The fourth-order valence-electron chi connectivity index (χ4n) is 5.55. The Hall–Kier alpha value is -5.21. The van der Waals surface area contributed by atoms with E-state index in [0.717, 1.165) is 70.9 Å². The SMILES string of the molecule is O=C(O)C(F)(F)F.O=c1[nH]c2ccccc2n1C1CCN(Cc2ccc(-c3nc(-c4cncs4)nnc3-c3ccccc3)cc2)CC1. The molecule has 14 heteroatoms. The summed E-state index contributed by atoms with van der Waals surface area (Å²) in [6.45, 7) is 2.77. The van der Waals surface area contributed by atoms with Crippen LogP contribution in [0.2, 0.25) is 0 Å². The molecule has 0 spiro atoms. The van der Waals surface area contributed by atoms with Crippen molar-refractivity contribution in [1.29, 1.82) is 0 Å². The van der Waals surface area contributed by atoms with Gasteiger partial charge in [-0.25, -0.2) is 14.6 Å². The second kappa shape index (κ2) is 13.6. The summed E-state index contributed by atoms with van der Waals surface area (Å²) in [6, 6.07) is 26.8. The molecule has 1 fully saturated rings. The summed E-state index contributed by atoms with van der Waals surface area (Å²) >= 11 is 1.50. The van der Waals surface area contributed by atoms with Crippen molar-refractivity contribution in [2.75, 3.05) is 13.1 Å². The summed E-state index contributed by atoms with van der Waals surface area (Å²) < 4.78 is 33.7. The molecule has 7 rings (SSSR count). The zero-order valence-corrected chi connectivity index (χ0v) is 25.6. The van der Waals surface area contributed by atoms with Crippen LogP contribution >= 0.6 is 11.3 Å². The molecule has 4 heterocycles. The molecule has 0 atom stereocenters. The van der Waals surface area contributed by atoms with Crippen molar-refractivity contribution in [3.05, 3.63) is 107 Å². The summed E-state index contributed by atoms with van der Waals surface area (Å²) in [6.07, 6.45) is -1.41. The summed E-state index contributed by atoms with van der Waals surface area (Å²) in [5, 5.41) is 16.1. The summed E-state index contributed by atoms with van der Waals surface area (Å²) in [7, 11) is 0. The van der Waals surface area contributed by atoms with Crippen molar-refractivity contribution >= 4 is 28.3 Å². The number of benzene rings is 3. The molecule has 0 saturated carbocycles. The second-order valence-corrected chi connectivity index (χ2v) is 11.8. The number of rotatable bonds is 6. The van der Waals surface area contributed by atoms with Crippen LogP contribution < -0.4 is 5.69 Å². The van der Waals surface area contributed by atoms with E-state index in [9.17, 15) is 18.0 Å². The highest BCUT2D eigenvalue weighted by Crippen LogP contribution is 2.32. The van der Waals surface area contributed by atoms with Crippen LogP contribution in [-0.4, -0.2) is 65.0 Å². The summed E-state index contributed by atoms with van der Waals surface area (Å²) in [5.74, 6) is -2.18. The molecule has 1 aliphatic heterocycles. The first-order chi connectivity index (χ1) is 22.7. The zero-order chi connectivity index (χ0) is 33.0. The van der Waals surface area contributed by atoms with E-state index in [0.29, 0.717) is 5.82 Å². The minimum absolute atomic E-state index is 0.0113. The van der Waals surface area contributed by atoms with E-state index in [1.165, 1.54) is 16.9 Å². The van der Waals surface area contributed by atoms with Gasteiger partial charge in [0.2, 0.25) is 0 Å². The monoisotopic (exact) mass is 659 g/mol. The molecule has 0 aliphatic carbocycles. The van der Waals surface area contributed by atoms with Crippen molar-refractivity contribution in [1.82, 2.24) is 34.6 Å². The molecule has 0 radical (unpaired) electrons. The highest BCUT2D eigenvalue weighted by Gasteiger charge is 2.38. The number of fused-ring (bicyclic) bond motifs is 1. The quantitative estimate of drug-likeness (QED) is 0.209. The van der Waals surface area contributed by atoms with Crippen LogP contribution in [0.1, 0.15) is 24.4 Å². The van der Waals surface area contributed by atoms with Crippen molar-refractivity contribution in [2.45, 2.75) is 31.6 Å². The van der Waals surface area contributed by atoms with Gasteiger partial charge in [0.15, 0.2) is 5.82 Å². The standard InChI is InChI=1S/C31H27N7OS.C2HF3O2/c39-31-33-25-8-4-5-9-26(25)38(31)24-14-16-37(17-15-24)19-21-10-12-23(13-11-21)28-29(22-6-2-1-3-7-22)35-36-30(34-28)27-18-32-20-40-27;3-2(4,5)1(6)7/h1-13,18,20,24H,14-17,19H2,(H,33,39);(H,6,7). The lowest BCUT2D eigenvalue weighted by Gasteiger charge is -2.32. The Labute approximate surface area is 270 Å². The molecule has 240 valence electrons. The summed E-state index contributed by atoms with van der Waals surface area (Å²) in [4.78, 5) is 37.0. The molecule has 47 heavy (non-hydrogen) atoms. The molecule has 10 nitrogen and oxygen atoms in total. The van der Waals surface area contributed by atoms with E-state index in [1.54, 1.807) is 11.7 Å². The average Bonchev–Trinajstić information content (AvgIpc) is 3.74. The third-order valence-electron chi connectivity index (χ3n) is 7.81. The highest BCUT2D eigenvalue weighted by molar-refractivity contribution is 7.13. The van der Waals surface area contributed by atoms with E-state index < -0.39 is 12.1 Å². The first-order valence-electron chi connectivity index (χ1n) is 14.7. The number of carboxylic acids is 1. The predicted molar refractivity (Wildman–Crippen MR) is 172 cm³/mol. The van der Waals surface area contributed by atoms with Gasteiger partial charge in [-0.2, -0.15) is 13.2 Å². The van der Waals surface area contributed by atoms with Gasteiger partial charge in [0.05, 0.1) is 21.4 Å². The minimum atomic E-state index is -5.08. The molecule has 3 aromatic heterocycles. The maximum atomic E-state index is 12.6. The lowest BCUT2D eigenvalue weighted by molar-refractivity contribution is -0.192. The molecule has 6 aromatic rings. The molecule has 0 bridgehead atoms. The number of aromatic nitrogens is 6. The van der Waals surface area contributed by atoms with Crippen molar-refractivity contribution in [3.8, 4) is 33.2 Å². The molecule has 2 N–H and O–H groups in total. The van der Waals surface area contributed by atoms with E-state index in [4.69, 9.17) is 14.9 Å². The zero-order valence-electron chi connectivity index (χ0n) is 24.8. The number of nitrogens with zero attached hydrogens (tertiary/aromatic N) is 6. The molecule has 3 aromatic carbocycles. The first kappa shape index (κ1) is 31.8. The molecular formula is C33H28F3N7O3S. The molecule has 0 unspecified atom stereocenters. The van der Waals surface area contributed by atoms with Crippen LogP contribution in [-0.2, 0) is 11.3 Å². The van der Waals surface area contributed by atoms with Gasteiger partial charge in [0.25, 0.3) is 0 Å². The lowest BCUT2D eigenvalue weighted by Crippen LogP contribution is -2.36. The fraction of sp³-hybridized carbons (Fsp3) is 0.212. The first-order valence-corrected chi connectivity index (χ1v) is 15.6. The van der Waals surface area contributed by atoms with Crippen molar-refractivity contribution in [3.63, 3.8) is 0 Å². The highest BCUT2D eigenvalue weighted by atomic mass is 32.1. The Morgan fingerprint density at radius 3 is 2.23 bits per heavy atom. The number of carboxylic acid groups (broad SMARTS) is 1. The normalized spacial score (nSPS) is 14.1. The lowest BCUT2D eigenvalue weighted by atomic mass is 10.0. The van der Waals surface area contributed by atoms with Gasteiger partial charge in [0.1, 0.15) is 11.4 Å². The Bertz CT molecular complexity index is 2020. The minimum Gasteiger partial charge on any atom is -0.475 e. The molecule has 1 aliphatic rings. The Balaban J connectivity index is 0.000000499. The van der Waals surface area contributed by atoms with E-state index in [1.807, 2.05) is 59.2 Å². The van der Waals surface area contributed by atoms with Crippen LogP contribution in [0.3, 0.4) is 0 Å². The number of halogens is 3. The van der Waals surface area contributed by atoms with Gasteiger partial charge in [-0.3, -0.25) is 14.5 Å². The third-order valence-corrected chi connectivity index (χ3v) is 8.58. The van der Waals surface area contributed by atoms with Gasteiger partial charge in [0, 0.05) is 43.0 Å². The maximum absolute atomic E-state index is 12.6. The number of alkyl halides is 3. The number of para-hydroxylation sites is 2. The Kier molecular flexibility index (Phi) is 9.22. The number of likely N-dealkylation sites (tertiary alicyclic amines) is 1. The van der Waals surface area contributed by atoms with Gasteiger partial charge < -0.3 is 10.1 Å². The Morgan fingerprint density at radius 2 is 1.57 bits per heavy atom. The van der Waals surface area contributed by atoms with E-state index in [-0.39, 0.29) is 11.7 Å². The van der Waals surface area contributed by atoms with Gasteiger partial charge in [-0.1, -0.05) is 66.7 Å². The number of aromatic amines is 1. The van der Waals surface area contributed by atoms with Crippen LogP contribution in [0.15, 0.2) is 95.4 Å². The Morgan fingerprint density at radius 1 is 0.915 bits per heavy atom. The summed E-state index contributed by atoms with van der Waals surface area (Å²) in [5.41, 5.74) is 8.46. The van der Waals surface area contributed by atoms with E-state index in [2.05, 4.69) is 49.3 Å². The molecule has 1 saturated heterocycles. The fourth-order valence-corrected chi connectivity index (χ4v) is 6.10. The molecular weight excluding hydrogens is 631 g/mol. The van der Waals surface area contributed by atoms with Crippen molar-refractivity contribution < 1.29 is 23.1 Å². The van der Waals surface area contributed by atoms with Crippen LogP contribution in [0.25, 0.3) is 44.2 Å². The number of hydrogen-bond donors (Lipinski definition) is 2. The van der Waals surface area contributed by atoms with E-state index >= 15 is 0 Å². The maximum Gasteiger partial charge on any atom is 0.490 e.